The predicted octanol–water partition coefficient (Wildman–Crippen LogP) is 3.54. The van der Waals surface area contributed by atoms with Crippen molar-refractivity contribution in [3.8, 4) is 11.5 Å². The molecule has 1 fully saturated rings. The van der Waals surface area contributed by atoms with Crippen LogP contribution in [0.2, 0.25) is 0 Å². The van der Waals surface area contributed by atoms with Gasteiger partial charge in [-0.2, -0.15) is 0 Å². The van der Waals surface area contributed by atoms with Crippen LogP contribution in [-0.4, -0.2) is 31.0 Å². The molecule has 1 saturated heterocycles. The molecule has 142 valence electrons. The Hall–Kier alpha value is -2.05. The molecule has 0 saturated carbocycles. The summed E-state index contributed by atoms with van der Waals surface area (Å²) in [5.74, 6) is 2.22. The molecule has 26 heavy (non-hydrogen) atoms. The Morgan fingerprint density at radius 2 is 2.15 bits per heavy atom. The maximum absolute atomic E-state index is 5.93. The molecule has 1 aliphatic heterocycles. The SMILES string of the molecule is COc1cc(CN[C@@H](C)[C@H]2CCCO2)ccc1OCc1c(C)noc1C. The van der Waals surface area contributed by atoms with E-state index in [1.165, 1.54) is 0 Å². The van der Waals surface area contributed by atoms with E-state index in [9.17, 15) is 0 Å². The van der Waals surface area contributed by atoms with Crippen molar-refractivity contribution in [1.82, 2.24) is 10.5 Å². The maximum atomic E-state index is 5.93. The summed E-state index contributed by atoms with van der Waals surface area (Å²) in [7, 11) is 1.66. The third kappa shape index (κ3) is 4.37. The minimum atomic E-state index is 0.314. The number of nitrogens with zero attached hydrogens (tertiary/aromatic N) is 1. The molecule has 0 radical (unpaired) electrons. The van der Waals surface area contributed by atoms with Crippen molar-refractivity contribution in [3.63, 3.8) is 0 Å². The molecular formula is C20H28N2O4. The van der Waals surface area contributed by atoms with E-state index in [1.54, 1.807) is 7.11 Å². The molecule has 2 atom stereocenters. The molecule has 0 spiro atoms. The lowest BCUT2D eigenvalue weighted by atomic mass is 10.1. The lowest BCUT2D eigenvalue weighted by molar-refractivity contribution is 0.0832. The van der Waals surface area contributed by atoms with Gasteiger partial charge >= 0.3 is 0 Å². The number of aromatic nitrogens is 1. The van der Waals surface area contributed by atoms with Gasteiger partial charge in [-0.05, 0) is 51.3 Å². The fourth-order valence-corrected chi connectivity index (χ4v) is 3.21. The lowest BCUT2D eigenvalue weighted by Crippen LogP contribution is -2.36. The number of nitrogens with one attached hydrogen (secondary N) is 1. The molecule has 2 aromatic rings. The van der Waals surface area contributed by atoms with Gasteiger partial charge in [0.2, 0.25) is 0 Å². The smallest absolute Gasteiger partial charge is 0.161 e. The molecular weight excluding hydrogens is 332 g/mol. The number of rotatable bonds is 8. The zero-order valence-electron chi connectivity index (χ0n) is 16.0. The number of hydrogen-bond acceptors (Lipinski definition) is 6. The first kappa shape index (κ1) is 18.7. The van der Waals surface area contributed by atoms with E-state index in [0.29, 0.717) is 24.5 Å². The van der Waals surface area contributed by atoms with Crippen LogP contribution in [-0.2, 0) is 17.9 Å². The molecule has 0 amide bonds. The summed E-state index contributed by atoms with van der Waals surface area (Å²) in [4.78, 5) is 0. The van der Waals surface area contributed by atoms with Gasteiger partial charge in [0.05, 0.1) is 24.5 Å². The molecule has 1 aromatic heterocycles. The van der Waals surface area contributed by atoms with Crippen molar-refractivity contribution in [2.75, 3.05) is 13.7 Å². The molecule has 0 bridgehead atoms. The van der Waals surface area contributed by atoms with E-state index in [1.807, 2.05) is 26.0 Å². The zero-order chi connectivity index (χ0) is 18.5. The topological polar surface area (TPSA) is 65.8 Å². The van der Waals surface area contributed by atoms with Gasteiger partial charge in [0.1, 0.15) is 12.4 Å². The summed E-state index contributed by atoms with van der Waals surface area (Å²) >= 11 is 0. The minimum Gasteiger partial charge on any atom is -0.493 e. The highest BCUT2D eigenvalue weighted by Gasteiger charge is 2.21. The molecule has 3 rings (SSSR count). The lowest BCUT2D eigenvalue weighted by Gasteiger charge is -2.20. The Morgan fingerprint density at radius 1 is 1.31 bits per heavy atom. The third-order valence-electron chi connectivity index (χ3n) is 4.93. The first-order valence-corrected chi connectivity index (χ1v) is 9.15. The van der Waals surface area contributed by atoms with Gasteiger partial charge in [0.15, 0.2) is 11.5 Å². The van der Waals surface area contributed by atoms with Crippen molar-refractivity contribution >= 4 is 0 Å². The highest BCUT2D eigenvalue weighted by Crippen LogP contribution is 2.29. The van der Waals surface area contributed by atoms with E-state index in [0.717, 1.165) is 54.3 Å². The molecule has 6 nitrogen and oxygen atoms in total. The van der Waals surface area contributed by atoms with Crippen LogP contribution in [0.1, 0.15) is 42.3 Å². The molecule has 1 aromatic carbocycles. The van der Waals surface area contributed by atoms with Crippen LogP contribution in [0.3, 0.4) is 0 Å². The summed E-state index contributed by atoms with van der Waals surface area (Å²) in [6, 6.07) is 6.35. The molecule has 0 unspecified atom stereocenters. The van der Waals surface area contributed by atoms with Crippen molar-refractivity contribution in [3.05, 3.63) is 40.8 Å². The number of ether oxygens (including phenoxy) is 3. The second kappa shape index (κ2) is 8.56. The first-order valence-electron chi connectivity index (χ1n) is 9.15. The van der Waals surface area contributed by atoms with Crippen LogP contribution in [0, 0.1) is 13.8 Å². The van der Waals surface area contributed by atoms with Crippen LogP contribution in [0.25, 0.3) is 0 Å². The largest absolute Gasteiger partial charge is 0.493 e. The van der Waals surface area contributed by atoms with E-state index < -0.39 is 0 Å². The van der Waals surface area contributed by atoms with Crippen molar-refractivity contribution in [1.29, 1.82) is 0 Å². The number of methoxy groups -OCH3 is 1. The average molecular weight is 360 g/mol. The van der Waals surface area contributed by atoms with E-state index >= 15 is 0 Å². The van der Waals surface area contributed by atoms with Gasteiger partial charge in [-0.1, -0.05) is 11.2 Å². The van der Waals surface area contributed by atoms with Gasteiger partial charge in [0.25, 0.3) is 0 Å². The van der Waals surface area contributed by atoms with E-state index in [2.05, 4.69) is 23.5 Å². The van der Waals surface area contributed by atoms with E-state index in [4.69, 9.17) is 18.7 Å². The van der Waals surface area contributed by atoms with E-state index in [-0.39, 0.29) is 0 Å². The maximum Gasteiger partial charge on any atom is 0.161 e. The fourth-order valence-electron chi connectivity index (χ4n) is 3.21. The van der Waals surface area contributed by atoms with Gasteiger partial charge in [0, 0.05) is 19.2 Å². The number of aryl methyl sites for hydroxylation is 2. The number of benzene rings is 1. The minimum absolute atomic E-state index is 0.314. The number of hydrogen-bond donors (Lipinski definition) is 1. The zero-order valence-corrected chi connectivity index (χ0v) is 16.0. The summed E-state index contributed by atoms with van der Waals surface area (Å²) < 4.78 is 22.3. The molecule has 1 aliphatic rings. The summed E-state index contributed by atoms with van der Waals surface area (Å²) in [5.41, 5.74) is 2.98. The molecule has 2 heterocycles. The molecule has 0 aliphatic carbocycles. The Morgan fingerprint density at radius 3 is 2.81 bits per heavy atom. The highest BCUT2D eigenvalue weighted by molar-refractivity contribution is 5.43. The summed E-state index contributed by atoms with van der Waals surface area (Å²) in [6.45, 7) is 8.03. The fraction of sp³-hybridized carbons (Fsp3) is 0.550. The monoisotopic (exact) mass is 360 g/mol. The van der Waals surface area contributed by atoms with Crippen LogP contribution in [0.4, 0.5) is 0 Å². The first-order chi connectivity index (χ1) is 12.6. The Balaban J connectivity index is 1.60. The Kier molecular flexibility index (Phi) is 6.16. The van der Waals surface area contributed by atoms with Crippen molar-refractivity contribution in [2.45, 2.75) is 58.9 Å². The predicted molar refractivity (Wildman–Crippen MR) is 98.6 cm³/mol. The van der Waals surface area contributed by atoms with Crippen LogP contribution in [0.5, 0.6) is 11.5 Å². The van der Waals surface area contributed by atoms with Gasteiger partial charge < -0.3 is 24.1 Å². The quantitative estimate of drug-likeness (QED) is 0.777. The second-order valence-electron chi connectivity index (χ2n) is 6.80. The summed E-state index contributed by atoms with van der Waals surface area (Å²) in [6.07, 6.45) is 2.60. The Bertz CT molecular complexity index is 703. The Labute approximate surface area is 154 Å². The van der Waals surface area contributed by atoms with Crippen LogP contribution < -0.4 is 14.8 Å². The van der Waals surface area contributed by atoms with Crippen molar-refractivity contribution in [2.24, 2.45) is 0 Å². The normalized spacial score (nSPS) is 18.1. The molecule has 6 heteroatoms. The van der Waals surface area contributed by atoms with Gasteiger partial charge in [-0.15, -0.1) is 0 Å². The van der Waals surface area contributed by atoms with Crippen LogP contribution >= 0.6 is 0 Å². The van der Waals surface area contributed by atoms with Crippen LogP contribution in [0.15, 0.2) is 22.7 Å². The second-order valence-corrected chi connectivity index (χ2v) is 6.80. The molecule has 1 N–H and O–H groups in total. The summed E-state index contributed by atoms with van der Waals surface area (Å²) in [5, 5.41) is 7.49. The standard InChI is InChI=1S/C20H28N2O4/c1-13-17(15(3)26-22-13)12-25-19-8-7-16(10-20(19)23-4)11-21-14(2)18-6-5-9-24-18/h7-8,10,14,18,21H,5-6,9,11-12H2,1-4H3/t14-,18+/m0/s1. The average Bonchev–Trinajstić information content (AvgIpc) is 3.29. The van der Waals surface area contributed by atoms with Crippen molar-refractivity contribution < 1.29 is 18.7 Å². The van der Waals surface area contributed by atoms with Gasteiger partial charge in [-0.25, -0.2) is 0 Å². The van der Waals surface area contributed by atoms with Gasteiger partial charge in [-0.3, -0.25) is 0 Å². The highest BCUT2D eigenvalue weighted by atomic mass is 16.5. The third-order valence-corrected chi connectivity index (χ3v) is 4.93.